The summed E-state index contributed by atoms with van der Waals surface area (Å²) in [5.74, 6) is -1.35. The lowest BCUT2D eigenvalue weighted by Crippen LogP contribution is -2.37. The van der Waals surface area contributed by atoms with E-state index in [1.807, 2.05) is 0 Å². The maximum Gasteiger partial charge on any atom is 0.242 e. The molecule has 0 aromatic heterocycles. The van der Waals surface area contributed by atoms with Crippen molar-refractivity contribution in [2.24, 2.45) is 5.92 Å². The Labute approximate surface area is 112 Å². The number of halogens is 1. The minimum atomic E-state index is -3.78. The van der Waals surface area contributed by atoms with Crippen molar-refractivity contribution in [1.82, 2.24) is 9.62 Å². The average Bonchev–Trinajstić information content (AvgIpc) is 2.37. The molecule has 0 spiro atoms. The fraction of sp³-hybridized carbons (Fsp3) is 0.417. The van der Waals surface area contributed by atoms with Gasteiger partial charge in [0, 0.05) is 26.6 Å². The average molecular weight is 288 g/mol. The molecule has 1 aromatic carbocycles. The van der Waals surface area contributed by atoms with Crippen LogP contribution in [-0.2, 0) is 14.8 Å². The predicted octanol–water partition coefficient (Wildman–Crippen LogP) is 0.828. The highest BCUT2D eigenvalue weighted by atomic mass is 32.2. The zero-order valence-corrected chi connectivity index (χ0v) is 11.9. The highest BCUT2D eigenvalue weighted by Crippen LogP contribution is 2.16. The van der Waals surface area contributed by atoms with Crippen molar-refractivity contribution in [3.8, 4) is 0 Å². The summed E-state index contributed by atoms with van der Waals surface area (Å²) < 4.78 is 38.4. The van der Waals surface area contributed by atoms with Crippen molar-refractivity contribution in [2.45, 2.75) is 11.8 Å². The van der Waals surface area contributed by atoms with E-state index >= 15 is 0 Å². The molecule has 0 saturated heterocycles. The molecule has 0 aliphatic heterocycles. The van der Waals surface area contributed by atoms with Gasteiger partial charge in [0.25, 0.3) is 0 Å². The summed E-state index contributed by atoms with van der Waals surface area (Å²) >= 11 is 0. The highest BCUT2D eigenvalue weighted by Gasteiger charge is 2.24. The SMILES string of the molecule is CNC(=O)C(C)CN(C)S(=O)(=O)c1cccc(F)c1. The molecular formula is C12H17FN2O3S. The van der Waals surface area contributed by atoms with Crippen molar-refractivity contribution >= 4 is 15.9 Å². The van der Waals surface area contributed by atoms with Crippen LogP contribution in [0.1, 0.15) is 6.92 Å². The molecule has 0 aliphatic rings. The van der Waals surface area contributed by atoms with Crippen LogP contribution in [-0.4, -0.2) is 39.3 Å². The van der Waals surface area contributed by atoms with E-state index in [0.29, 0.717) is 0 Å². The van der Waals surface area contributed by atoms with Crippen molar-refractivity contribution in [3.05, 3.63) is 30.1 Å². The summed E-state index contributed by atoms with van der Waals surface area (Å²) in [4.78, 5) is 11.2. The third-order valence-electron chi connectivity index (χ3n) is 2.73. The van der Waals surface area contributed by atoms with Crippen LogP contribution in [0.5, 0.6) is 0 Å². The van der Waals surface area contributed by atoms with Gasteiger partial charge in [0.1, 0.15) is 5.82 Å². The van der Waals surface area contributed by atoms with Crippen LogP contribution in [0.4, 0.5) is 4.39 Å². The Hall–Kier alpha value is -1.47. The van der Waals surface area contributed by atoms with Gasteiger partial charge in [0.15, 0.2) is 0 Å². The second-order valence-electron chi connectivity index (χ2n) is 4.26. The first-order valence-electron chi connectivity index (χ1n) is 5.72. The second kappa shape index (κ2) is 6.12. The van der Waals surface area contributed by atoms with Gasteiger partial charge in [-0.2, -0.15) is 0 Å². The first-order chi connectivity index (χ1) is 8.78. The van der Waals surface area contributed by atoms with Gasteiger partial charge in [-0.15, -0.1) is 0 Å². The Bertz CT molecular complexity index is 560. The number of benzene rings is 1. The zero-order chi connectivity index (χ0) is 14.6. The summed E-state index contributed by atoms with van der Waals surface area (Å²) in [7, 11) is -0.938. The number of hydrogen-bond donors (Lipinski definition) is 1. The molecule has 0 fully saturated rings. The van der Waals surface area contributed by atoms with Crippen molar-refractivity contribution < 1.29 is 17.6 Å². The molecule has 106 valence electrons. The van der Waals surface area contributed by atoms with Gasteiger partial charge < -0.3 is 5.32 Å². The molecule has 5 nitrogen and oxygen atoms in total. The number of carbonyl (C=O) groups excluding carboxylic acids is 1. The normalized spacial score (nSPS) is 13.3. The fourth-order valence-electron chi connectivity index (χ4n) is 1.62. The number of nitrogens with one attached hydrogen (secondary N) is 1. The maximum atomic E-state index is 13.1. The zero-order valence-electron chi connectivity index (χ0n) is 11.1. The standard InChI is InChI=1S/C12H17FN2O3S/c1-9(12(16)14-2)8-15(3)19(17,18)11-6-4-5-10(13)7-11/h4-7,9H,8H2,1-3H3,(H,14,16). The number of sulfonamides is 1. The Morgan fingerprint density at radius 1 is 1.47 bits per heavy atom. The Balaban J connectivity index is 2.92. The van der Waals surface area contributed by atoms with E-state index in [-0.39, 0.29) is 17.3 Å². The quantitative estimate of drug-likeness (QED) is 0.872. The van der Waals surface area contributed by atoms with Gasteiger partial charge in [0.2, 0.25) is 15.9 Å². The first kappa shape index (κ1) is 15.6. The lowest BCUT2D eigenvalue weighted by molar-refractivity contribution is -0.124. The molecule has 0 radical (unpaired) electrons. The highest BCUT2D eigenvalue weighted by molar-refractivity contribution is 7.89. The predicted molar refractivity (Wildman–Crippen MR) is 69.4 cm³/mol. The van der Waals surface area contributed by atoms with E-state index in [9.17, 15) is 17.6 Å². The fourth-order valence-corrected chi connectivity index (χ4v) is 2.91. The summed E-state index contributed by atoms with van der Waals surface area (Å²) in [5, 5.41) is 2.45. The number of amides is 1. The number of hydrogen-bond acceptors (Lipinski definition) is 3. The monoisotopic (exact) mass is 288 g/mol. The molecule has 7 heteroatoms. The van der Waals surface area contributed by atoms with Crippen molar-refractivity contribution in [2.75, 3.05) is 20.6 Å². The lowest BCUT2D eigenvalue weighted by Gasteiger charge is -2.20. The van der Waals surface area contributed by atoms with E-state index in [2.05, 4.69) is 5.32 Å². The molecule has 1 amide bonds. The van der Waals surface area contributed by atoms with Crippen LogP contribution in [0.2, 0.25) is 0 Å². The summed E-state index contributed by atoms with van der Waals surface area (Å²) in [6, 6.07) is 4.78. The van der Waals surface area contributed by atoms with E-state index in [1.54, 1.807) is 6.92 Å². The van der Waals surface area contributed by atoms with Gasteiger partial charge >= 0.3 is 0 Å². The smallest absolute Gasteiger partial charge is 0.242 e. The van der Waals surface area contributed by atoms with Crippen LogP contribution in [0, 0.1) is 11.7 Å². The van der Waals surface area contributed by atoms with Crippen LogP contribution >= 0.6 is 0 Å². The molecule has 1 atom stereocenters. The largest absolute Gasteiger partial charge is 0.359 e. The lowest BCUT2D eigenvalue weighted by atomic mass is 10.2. The molecule has 0 heterocycles. The number of carbonyl (C=O) groups is 1. The van der Waals surface area contributed by atoms with E-state index in [0.717, 1.165) is 10.4 Å². The molecule has 1 unspecified atom stereocenters. The van der Waals surface area contributed by atoms with Gasteiger partial charge in [-0.25, -0.2) is 17.1 Å². The van der Waals surface area contributed by atoms with E-state index < -0.39 is 21.8 Å². The molecule has 1 N–H and O–H groups in total. The minimum Gasteiger partial charge on any atom is -0.359 e. The topological polar surface area (TPSA) is 66.5 Å². The number of nitrogens with zero attached hydrogens (tertiary/aromatic N) is 1. The third kappa shape index (κ3) is 3.74. The second-order valence-corrected chi connectivity index (χ2v) is 6.30. The molecular weight excluding hydrogens is 271 g/mol. The molecule has 1 aromatic rings. The molecule has 0 saturated carbocycles. The van der Waals surface area contributed by atoms with Gasteiger partial charge in [-0.1, -0.05) is 13.0 Å². The molecule has 1 rings (SSSR count). The third-order valence-corrected chi connectivity index (χ3v) is 4.55. The van der Waals surface area contributed by atoms with Gasteiger partial charge in [-0.05, 0) is 18.2 Å². The Morgan fingerprint density at radius 3 is 2.63 bits per heavy atom. The molecule has 19 heavy (non-hydrogen) atoms. The summed E-state index contributed by atoms with van der Waals surface area (Å²) in [6.07, 6.45) is 0. The first-order valence-corrected chi connectivity index (χ1v) is 7.16. The van der Waals surface area contributed by atoms with Crippen molar-refractivity contribution in [1.29, 1.82) is 0 Å². The molecule has 0 bridgehead atoms. The Morgan fingerprint density at radius 2 is 2.11 bits per heavy atom. The van der Waals surface area contributed by atoms with E-state index in [1.165, 1.54) is 32.3 Å². The van der Waals surface area contributed by atoms with Crippen LogP contribution in [0.3, 0.4) is 0 Å². The van der Waals surface area contributed by atoms with E-state index in [4.69, 9.17) is 0 Å². The van der Waals surface area contributed by atoms with Crippen LogP contribution in [0.15, 0.2) is 29.2 Å². The maximum absolute atomic E-state index is 13.1. The Kier molecular flexibility index (Phi) is 5.02. The molecule has 0 aliphatic carbocycles. The van der Waals surface area contributed by atoms with Crippen LogP contribution in [0.25, 0.3) is 0 Å². The van der Waals surface area contributed by atoms with Gasteiger partial charge in [0.05, 0.1) is 4.90 Å². The minimum absolute atomic E-state index is 0.0263. The summed E-state index contributed by atoms with van der Waals surface area (Å²) in [6.45, 7) is 1.65. The summed E-state index contributed by atoms with van der Waals surface area (Å²) in [5.41, 5.74) is 0. The van der Waals surface area contributed by atoms with Gasteiger partial charge in [-0.3, -0.25) is 4.79 Å². The van der Waals surface area contributed by atoms with Crippen molar-refractivity contribution in [3.63, 3.8) is 0 Å². The number of rotatable bonds is 5. The van der Waals surface area contributed by atoms with Crippen LogP contribution < -0.4 is 5.32 Å².